The van der Waals surface area contributed by atoms with E-state index in [1.807, 2.05) is 0 Å². The first kappa shape index (κ1) is 16.6. The van der Waals surface area contributed by atoms with Crippen molar-refractivity contribution in [3.8, 4) is 0 Å². The third-order valence-corrected chi connectivity index (χ3v) is 6.52. The van der Waals surface area contributed by atoms with Gasteiger partial charge >= 0.3 is 0 Å². The van der Waals surface area contributed by atoms with Gasteiger partial charge in [0.15, 0.2) is 0 Å². The zero-order valence-corrected chi connectivity index (χ0v) is 15.1. The van der Waals surface area contributed by atoms with Crippen LogP contribution < -0.4 is 0 Å². The van der Waals surface area contributed by atoms with Gasteiger partial charge < -0.3 is 9.47 Å². The van der Waals surface area contributed by atoms with E-state index in [9.17, 15) is 0 Å². The maximum absolute atomic E-state index is 6.23. The molecular formula is C22H32O2. The van der Waals surface area contributed by atoms with E-state index in [4.69, 9.17) is 9.47 Å². The highest BCUT2D eigenvalue weighted by molar-refractivity contribution is 5.26. The number of hydrogen-bond donors (Lipinski definition) is 0. The van der Waals surface area contributed by atoms with E-state index in [1.54, 1.807) is 5.56 Å². The topological polar surface area (TPSA) is 21.8 Å². The Morgan fingerprint density at radius 2 is 1.46 bits per heavy atom. The first-order valence-corrected chi connectivity index (χ1v) is 10.2. The second-order valence-corrected chi connectivity index (χ2v) is 8.18. The summed E-state index contributed by atoms with van der Waals surface area (Å²) in [5.74, 6) is 2.24. The Labute approximate surface area is 146 Å². The molecule has 2 saturated heterocycles. The van der Waals surface area contributed by atoms with Gasteiger partial charge in [-0.05, 0) is 67.9 Å². The third kappa shape index (κ3) is 3.86. The largest absolute Gasteiger partial charge is 0.378 e. The quantitative estimate of drug-likeness (QED) is 0.701. The second kappa shape index (κ2) is 7.58. The van der Waals surface area contributed by atoms with Gasteiger partial charge in [-0.2, -0.15) is 0 Å². The minimum Gasteiger partial charge on any atom is -0.378 e. The molecule has 0 aromatic heterocycles. The van der Waals surface area contributed by atoms with Gasteiger partial charge in [0.2, 0.25) is 0 Å². The van der Waals surface area contributed by atoms with Gasteiger partial charge in [0, 0.05) is 5.92 Å². The molecule has 132 valence electrons. The molecule has 2 heteroatoms. The van der Waals surface area contributed by atoms with Crippen molar-refractivity contribution in [3.05, 3.63) is 35.4 Å². The Morgan fingerprint density at radius 3 is 2.04 bits per heavy atom. The Hall–Kier alpha value is -0.860. The molecule has 24 heavy (non-hydrogen) atoms. The fourth-order valence-corrected chi connectivity index (χ4v) is 4.85. The lowest BCUT2D eigenvalue weighted by Crippen LogP contribution is -2.35. The maximum Gasteiger partial charge on any atom is 0.0860 e. The van der Waals surface area contributed by atoms with E-state index in [2.05, 4.69) is 31.2 Å². The number of benzene rings is 1. The number of rotatable bonds is 5. The van der Waals surface area contributed by atoms with Crippen molar-refractivity contribution in [1.82, 2.24) is 0 Å². The predicted molar refractivity (Wildman–Crippen MR) is 97.3 cm³/mol. The molecule has 2 aliphatic heterocycles. The molecule has 0 amide bonds. The molecule has 0 spiro atoms. The zero-order valence-electron chi connectivity index (χ0n) is 15.1. The molecule has 0 radical (unpaired) electrons. The third-order valence-electron chi connectivity index (χ3n) is 6.52. The molecule has 4 rings (SSSR count). The van der Waals surface area contributed by atoms with Gasteiger partial charge in [0.1, 0.15) is 0 Å². The minimum atomic E-state index is 0.521. The number of aryl methyl sites for hydroxylation is 1. The molecule has 1 aromatic rings. The molecule has 3 unspecified atom stereocenters. The van der Waals surface area contributed by atoms with E-state index in [0.29, 0.717) is 18.1 Å². The van der Waals surface area contributed by atoms with Crippen molar-refractivity contribution in [3.63, 3.8) is 0 Å². The van der Waals surface area contributed by atoms with E-state index in [0.717, 1.165) is 25.0 Å². The normalized spacial score (nSPS) is 36.5. The Bertz CT molecular complexity index is 503. The lowest BCUT2D eigenvalue weighted by Gasteiger charge is -2.37. The zero-order chi connectivity index (χ0) is 16.4. The van der Waals surface area contributed by atoms with Crippen LogP contribution in [0.15, 0.2) is 24.3 Å². The van der Waals surface area contributed by atoms with Crippen LogP contribution in [0.4, 0.5) is 0 Å². The fourth-order valence-electron chi connectivity index (χ4n) is 4.85. The van der Waals surface area contributed by atoms with Crippen molar-refractivity contribution in [1.29, 1.82) is 0 Å². The highest BCUT2D eigenvalue weighted by Crippen LogP contribution is 2.41. The van der Waals surface area contributed by atoms with Gasteiger partial charge in [-0.1, -0.05) is 37.6 Å². The fraction of sp³-hybridized carbons (Fsp3) is 0.727. The summed E-state index contributed by atoms with van der Waals surface area (Å²) in [7, 11) is 0. The summed E-state index contributed by atoms with van der Waals surface area (Å²) in [6.07, 6.45) is 11.4. The second-order valence-electron chi connectivity index (χ2n) is 8.18. The van der Waals surface area contributed by atoms with Crippen molar-refractivity contribution >= 4 is 0 Å². The van der Waals surface area contributed by atoms with Crippen LogP contribution in [0.3, 0.4) is 0 Å². The standard InChI is InChI=1S/C22H32O2/c1-2-3-16-4-6-17(7-5-16)18-8-10-19(11-9-18)21-13-12-20(14-23-21)22-15-24-22/h4-7,18-22H,2-3,8-15H2,1H3. The van der Waals surface area contributed by atoms with Crippen molar-refractivity contribution in [2.75, 3.05) is 13.2 Å². The summed E-state index contributed by atoms with van der Waals surface area (Å²) >= 11 is 0. The maximum atomic E-state index is 6.23. The molecule has 3 fully saturated rings. The first-order valence-electron chi connectivity index (χ1n) is 10.2. The summed E-state index contributed by atoms with van der Waals surface area (Å²) in [4.78, 5) is 0. The van der Waals surface area contributed by atoms with Crippen LogP contribution in [-0.4, -0.2) is 25.4 Å². The van der Waals surface area contributed by atoms with Crippen LogP contribution in [0.2, 0.25) is 0 Å². The van der Waals surface area contributed by atoms with E-state index in [-0.39, 0.29) is 0 Å². The molecular weight excluding hydrogens is 296 g/mol. The van der Waals surface area contributed by atoms with Crippen molar-refractivity contribution in [2.24, 2.45) is 11.8 Å². The Morgan fingerprint density at radius 1 is 0.792 bits per heavy atom. The van der Waals surface area contributed by atoms with Gasteiger partial charge in [0.05, 0.1) is 25.4 Å². The van der Waals surface area contributed by atoms with Crippen LogP contribution in [0.5, 0.6) is 0 Å². The number of epoxide rings is 1. The molecule has 1 aliphatic carbocycles. The number of hydrogen-bond acceptors (Lipinski definition) is 2. The van der Waals surface area contributed by atoms with E-state index >= 15 is 0 Å². The average molecular weight is 328 g/mol. The van der Waals surface area contributed by atoms with Crippen LogP contribution >= 0.6 is 0 Å². The molecule has 1 aromatic carbocycles. The van der Waals surface area contributed by atoms with Gasteiger partial charge in [0.25, 0.3) is 0 Å². The predicted octanol–water partition coefficient (Wildman–Crippen LogP) is 5.11. The van der Waals surface area contributed by atoms with Crippen LogP contribution in [0.1, 0.15) is 68.9 Å². The minimum absolute atomic E-state index is 0.521. The summed E-state index contributed by atoms with van der Waals surface area (Å²) in [5.41, 5.74) is 3.04. The van der Waals surface area contributed by atoms with Crippen molar-refractivity contribution < 1.29 is 9.47 Å². The van der Waals surface area contributed by atoms with Gasteiger partial charge in [-0.15, -0.1) is 0 Å². The molecule has 2 nitrogen and oxygen atoms in total. The summed E-state index contributed by atoms with van der Waals surface area (Å²) < 4.78 is 11.7. The van der Waals surface area contributed by atoms with Gasteiger partial charge in [-0.25, -0.2) is 0 Å². The van der Waals surface area contributed by atoms with Crippen LogP contribution in [0.25, 0.3) is 0 Å². The van der Waals surface area contributed by atoms with Crippen LogP contribution in [0, 0.1) is 11.8 Å². The first-order chi connectivity index (χ1) is 11.8. The lowest BCUT2D eigenvalue weighted by atomic mass is 9.75. The molecule has 2 heterocycles. The Balaban J connectivity index is 1.25. The molecule has 1 saturated carbocycles. The smallest absolute Gasteiger partial charge is 0.0860 e. The highest BCUT2D eigenvalue weighted by Gasteiger charge is 2.38. The van der Waals surface area contributed by atoms with Crippen molar-refractivity contribution in [2.45, 2.75) is 76.4 Å². The Kier molecular flexibility index (Phi) is 5.24. The monoisotopic (exact) mass is 328 g/mol. The summed E-state index contributed by atoms with van der Waals surface area (Å²) in [6.45, 7) is 4.16. The average Bonchev–Trinajstić information content (AvgIpc) is 3.48. The molecule has 3 aliphatic rings. The number of ether oxygens (including phenoxy) is 2. The summed E-state index contributed by atoms with van der Waals surface area (Å²) in [5, 5.41) is 0. The highest BCUT2D eigenvalue weighted by atomic mass is 16.6. The van der Waals surface area contributed by atoms with Gasteiger partial charge in [-0.3, -0.25) is 0 Å². The van der Waals surface area contributed by atoms with Crippen LogP contribution in [-0.2, 0) is 15.9 Å². The summed E-state index contributed by atoms with van der Waals surface area (Å²) in [6, 6.07) is 9.45. The lowest BCUT2D eigenvalue weighted by molar-refractivity contribution is -0.0606. The molecule has 0 bridgehead atoms. The van der Waals surface area contributed by atoms with E-state index in [1.165, 1.54) is 56.9 Å². The van der Waals surface area contributed by atoms with E-state index < -0.39 is 0 Å². The SMILES string of the molecule is CCCc1ccc(C2CCC(C3CCC(C4CO4)CO3)CC2)cc1. The molecule has 3 atom stereocenters. The molecule has 0 N–H and O–H groups in total.